The summed E-state index contributed by atoms with van der Waals surface area (Å²) in [7, 11) is 0. The quantitative estimate of drug-likeness (QED) is 0.626. The molecule has 3 aromatic carbocycles. The van der Waals surface area contributed by atoms with Crippen LogP contribution in [0.3, 0.4) is 0 Å². The smallest absolute Gasteiger partial charge is 0.193 e. The van der Waals surface area contributed by atoms with Crippen LogP contribution >= 0.6 is 0 Å². The fraction of sp³-hybridized carbons (Fsp3) is 0.130. The average molecular weight is 328 g/mol. The molecule has 0 spiro atoms. The summed E-state index contributed by atoms with van der Waals surface area (Å²) in [6.45, 7) is 5.87. The van der Waals surface area contributed by atoms with E-state index >= 15 is 0 Å². The summed E-state index contributed by atoms with van der Waals surface area (Å²) in [5.74, 6) is -0.136. The van der Waals surface area contributed by atoms with Crippen molar-refractivity contribution in [3.63, 3.8) is 0 Å². The Hall–Kier alpha value is -3.00. The molecule has 0 aliphatic rings. The molecule has 0 heterocycles. The maximum atomic E-state index is 12.8. The molecule has 0 N–H and O–H groups in total. The Kier molecular flexibility index (Phi) is 4.62. The molecule has 2 nitrogen and oxygen atoms in total. The Morgan fingerprint density at radius 1 is 0.480 bits per heavy atom. The van der Waals surface area contributed by atoms with Crippen molar-refractivity contribution in [2.75, 3.05) is 0 Å². The first-order valence-electron chi connectivity index (χ1n) is 8.28. The maximum absolute atomic E-state index is 12.8. The molecule has 0 saturated heterocycles. The maximum Gasteiger partial charge on any atom is 0.193 e. The summed E-state index contributed by atoms with van der Waals surface area (Å²) in [6, 6.07) is 20.3. The largest absolute Gasteiger partial charge is 0.289 e. The topological polar surface area (TPSA) is 34.1 Å². The van der Waals surface area contributed by atoms with E-state index in [1.54, 1.807) is 6.07 Å². The molecule has 0 radical (unpaired) electrons. The van der Waals surface area contributed by atoms with Gasteiger partial charge in [-0.05, 0) is 44.5 Å². The lowest BCUT2D eigenvalue weighted by Gasteiger charge is -2.08. The van der Waals surface area contributed by atoms with Gasteiger partial charge in [-0.25, -0.2) is 0 Å². The minimum atomic E-state index is -0.0679. The van der Waals surface area contributed by atoms with Crippen molar-refractivity contribution in [2.24, 2.45) is 0 Å². The summed E-state index contributed by atoms with van der Waals surface area (Å²) >= 11 is 0. The highest BCUT2D eigenvalue weighted by molar-refractivity contribution is 6.13. The van der Waals surface area contributed by atoms with Crippen LogP contribution in [-0.2, 0) is 0 Å². The Morgan fingerprint density at radius 2 is 0.840 bits per heavy atom. The van der Waals surface area contributed by atoms with Gasteiger partial charge in [-0.1, -0.05) is 59.7 Å². The molecule has 2 heteroatoms. The molecule has 0 bridgehead atoms. The predicted octanol–water partition coefficient (Wildman–Crippen LogP) is 5.07. The number of hydrogen-bond acceptors (Lipinski definition) is 2. The van der Waals surface area contributed by atoms with E-state index in [-0.39, 0.29) is 11.6 Å². The Balaban J connectivity index is 1.97. The van der Waals surface area contributed by atoms with Crippen molar-refractivity contribution in [3.05, 3.63) is 106 Å². The third kappa shape index (κ3) is 3.74. The molecule has 0 amide bonds. The monoisotopic (exact) mass is 328 g/mol. The van der Waals surface area contributed by atoms with E-state index in [9.17, 15) is 9.59 Å². The van der Waals surface area contributed by atoms with E-state index in [2.05, 4.69) is 0 Å². The molecule has 124 valence electrons. The summed E-state index contributed by atoms with van der Waals surface area (Å²) in [5, 5.41) is 0. The van der Waals surface area contributed by atoms with Gasteiger partial charge in [0.25, 0.3) is 0 Å². The third-order valence-corrected chi connectivity index (χ3v) is 4.23. The van der Waals surface area contributed by atoms with Crippen molar-refractivity contribution in [2.45, 2.75) is 20.8 Å². The van der Waals surface area contributed by atoms with Gasteiger partial charge >= 0.3 is 0 Å². The van der Waals surface area contributed by atoms with Gasteiger partial charge in [0.2, 0.25) is 0 Å². The lowest BCUT2D eigenvalue weighted by Crippen LogP contribution is -2.07. The Morgan fingerprint density at radius 3 is 1.20 bits per heavy atom. The zero-order valence-corrected chi connectivity index (χ0v) is 14.7. The Labute approximate surface area is 148 Å². The van der Waals surface area contributed by atoms with Crippen molar-refractivity contribution >= 4 is 11.6 Å². The third-order valence-electron chi connectivity index (χ3n) is 4.23. The lowest BCUT2D eigenvalue weighted by molar-refractivity contribution is 0.103. The summed E-state index contributed by atoms with van der Waals surface area (Å²) in [4.78, 5) is 25.5. The SMILES string of the molecule is Cc1ccc(C(=O)c2cc(C)cc(C(=O)c3ccc(C)cc3)c2)cc1. The molecule has 0 atom stereocenters. The minimum absolute atomic E-state index is 0.0679. The van der Waals surface area contributed by atoms with E-state index in [0.29, 0.717) is 22.3 Å². The van der Waals surface area contributed by atoms with Crippen LogP contribution in [0.25, 0.3) is 0 Å². The van der Waals surface area contributed by atoms with Crippen LogP contribution in [0.5, 0.6) is 0 Å². The van der Waals surface area contributed by atoms with Crippen LogP contribution < -0.4 is 0 Å². The normalized spacial score (nSPS) is 10.5. The zero-order valence-electron chi connectivity index (χ0n) is 14.7. The highest BCUT2D eigenvalue weighted by atomic mass is 16.1. The van der Waals surface area contributed by atoms with E-state index in [1.807, 2.05) is 81.4 Å². The van der Waals surface area contributed by atoms with Gasteiger partial charge in [0.15, 0.2) is 11.6 Å². The van der Waals surface area contributed by atoms with E-state index < -0.39 is 0 Å². The second kappa shape index (κ2) is 6.86. The van der Waals surface area contributed by atoms with Crippen molar-refractivity contribution in [3.8, 4) is 0 Å². The number of carbonyl (C=O) groups is 2. The van der Waals surface area contributed by atoms with Crippen molar-refractivity contribution in [1.29, 1.82) is 0 Å². The first kappa shape index (κ1) is 16.8. The standard InChI is InChI=1S/C23H20O2/c1-15-4-8-18(9-5-15)22(24)20-12-17(3)13-21(14-20)23(25)19-10-6-16(2)7-11-19/h4-14H,1-3H3. The molecule has 0 aromatic heterocycles. The molecular weight excluding hydrogens is 308 g/mol. The summed E-state index contributed by atoms with van der Waals surface area (Å²) in [5.41, 5.74) is 5.45. The van der Waals surface area contributed by atoms with Gasteiger partial charge in [-0.15, -0.1) is 0 Å². The highest BCUT2D eigenvalue weighted by Crippen LogP contribution is 2.18. The van der Waals surface area contributed by atoms with E-state index in [4.69, 9.17) is 0 Å². The molecular formula is C23H20O2. The van der Waals surface area contributed by atoms with Gasteiger partial charge in [0.1, 0.15) is 0 Å². The predicted molar refractivity (Wildman–Crippen MR) is 100 cm³/mol. The fourth-order valence-electron chi connectivity index (χ4n) is 2.79. The van der Waals surface area contributed by atoms with Crippen LogP contribution in [0.4, 0.5) is 0 Å². The molecule has 0 aliphatic heterocycles. The van der Waals surface area contributed by atoms with Gasteiger partial charge in [-0.2, -0.15) is 0 Å². The van der Waals surface area contributed by atoms with Crippen LogP contribution in [0.2, 0.25) is 0 Å². The second-order valence-corrected chi connectivity index (χ2v) is 6.48. The average Bonchev–Trinajstić information content (AvgIpc) is 2.61. The van der Waals surface area contributed by atoms with Crippen LogP contribution in [-0.4, -0.2) is 11.6 Å². The van der Waals surface area contributed by atoms with Crippen LogP contribution in [0.15, 0.2) is 66.7 Å². The first-order valence-corrected chi connectivity index (χ1v) is 8.28. The number of carbonyl (C=O) groups excluding carboxylic acids is 2. The Bertz CT molecular complexity index is 857. The summed E-state index contributed by atoms with van der Waals surface area (Å²) in [6.07, 6.45) is 0. The molecule has 3 rings (SSSR count). The molecule has 0 saturated carbocycles. The fourth-order valence-corrected chi connectivity index (χ4v) is 2.79. The summed E-state index contributed by atoms with van der Waals surface area (Å²) < 4.78 is 0. The van der Waals surface area contributed by atoms with Gasteiger partial charge in [0.05, 0.1) is 0 Å². The molecule has 0 fully saturated rings. The number of ketones is 2. The van der Waals surface area contributed by atoms with E-state index in [1.165, 1.54) is 0 Å². The minimum Gasteiger partial charge on any atom is -0.289 e. The van der Waals surface area contributed by atoms with Crippen LogP contribution in [0.1, 0.15) is 48.5 Å². The molecule has 25 heavy (non-hydrogen) atoms. The molecule has 3 aromatic rings. The second-order valence-electron chi connectivity index (χ2n) is 6.48. The van der Waals surface area contributed by atoms with Gasteiger partial charge in [0, 0.05) is 22.3 Å². The van der Waals surface area contributed by atoms with Crippen LogP contribution in [0, 0.1) is 20.8 Å². The lowest BCUT2D eigenvalue weighted by atomic mass is 9.95. The molecule has 0 aliphatic carbocycles. The van der Waals surface area contributed by atoms with Crippen molar-refractivity contribution in [1.82, 2.24) is 0 Å². The number of hydrogen-bond donors (Lipinski definition) is 0. The highest BCUT2D eigenvalue weighted by Gasteiger charge is 2.15. The molecule has 0 unspecified atom stereocenters. The number of aryl methyl sites for hydroxylation is 3. The van der Waals surface area contributed by atoms with E-state index in [0.717, 1.165) is 16.7 Å². The number of rotatable bonds is 4. The zero-order chi connectivity index (χ0) is 18.0. The van der Waals surface area contributed by atoms with Crippen molar-refractivity contribution < 1.29 is 9.59 Å². The van der Waals surface area contributed by atoms with Gasteiger partial charge in [-0.3, -0.25) is 9.59 Å². The van der Waals surface area contributed by atoms with Gasteiger partial charge < -0.3 is 0 Å². The first-order chi connectivity index (χ1) is 11.9. The number of benzene rings is 3.